The maximum absolute atomic E-state index is 11.9. The van der Waals surface area contributed by atoms with Crippen LogP contribution in [0.25, 0.3) is 0 Å². The van der Waals surface area contributed by atoms with E-state index in [2.05, 4.69) is 21.2 Å². The molecule has 1 saturated heterocycles. The van der Waals surface area contributed by atoms with E-state index in [1.807, 2.05) is 30.3 Å². The molecule has 0 radical (unpaired) electrons. The van der Waals surface area contributed by atoms with Gasteiger partial charge in [-0.15, -0.1) is 0 Å². The Kier molecular flexibility index (Phi) is 4.63. The highest BCUT2D eigenvalue weighted by atomic mass is 79.9. The van der Waals surface area contributed by atoms with Crippen LogP contribution in [-0.2, 0) is 20.9 Å². The molecular weight excluding hydrogens is 362 g/mol. The minimum absolute atomic E-state index is 0.0853. The molecule has 0 unspecified atom stereocenters. The van der Waals surface area contributed by atoms with Gasteiger partial charge in [-0.2, -0.15) is 0 Å². The zero-order valence-electron chi connectivity index (χ0n) is 12.3. The van der Waals surface area contributed by atoms with Gasteiger partial charge in [0.2, 0.25) is 0 Å². The fourth-order valence-electron chi connectivity index (χ4n) is 2.63. The Morgan fingerprint density at radius 1 is 1.39 bits per heavy atom. The standard InChI is InChI=1S/C17H16BrNO4/c18-14-9-17(7-6-15(14)20)8-13(11-23-17)19-16(21)22-10-12-4-2-1-3-5-12/h1-7,9,13H,8,10-11H2,(H,19,21)/t13-,17+/m0/s1. The molecule has 2 aliphatic rings. The second-order valence-corrected chi connectivity index (χ2v) is 6.42. The van der Waals surface area contributed by atoms with Crippen molar-refractivity contribution in [3.05, 3.63) is 58.6 Å². The van der Waals surface area contributed by atoms with Crippen LogP contribution in [-0.4, -0.2) is 30.1 Å². The number of ketones is 1. The Bertz CT molecular complexity index is 670. The number of hydrogen-bond acceptors (Lipinski definition) is 4. The number of carbonyl (C=O) groups excluding carboxylic acids is 2. The SMILES string of the molecule is O=C(N[C@@H]1CO[C@]2(C=CC(=O)C(Br)=C2)C1)OCc1ccccc1. The van der Waals surface area contributed by atoms with E-state index in [4.69, 9.17) is 9.47 Å². The lowest BCUT2D eigenvalue weighted by Crippen LogP contribution is -2.36. The number of benzene rings is 1. The normalized spacial score (nSPS) is 26.2. The lowest BCUT2D eigenvalue weighted by Gasteiger charge is -2.23. The Morgan fingerprint density at radius 3 is 2.91 bits per heavy atom. The van der Waals surface area contributed by atoms with Crippen LogP contribution >= 0.6 is 15.9 Å². The van der Waals surface area contributed by atoms with Crippen LogP contribution in [0.5, 0.6) is 0 Å². The zero-order chi connectivity index (χ0) is 16.3. The van der Waals surface area contributed by atoms with E-state index >= 15 is 0 Å². The molecule has 2 atom stereocenters. The van der Waals surface area contributed by atoms with Crippen molar-refractivity contribution in [3.63, 3.8) is 0 Å². The largest absolute Gasteiger partial charge is 0.445 e. The number of halogens is 1. The summed E-state index contributed by atoms with van der Waals surface area (Å²) in [5.41, 5.74) is 0.298. The van der Waals surface area contributed by atoms with Gasteiger partial charge < -0.3 is 14.8 Å². The third kappa shape index (κ3) is 3.89. The topological polar surface area (TPSA) is 64.6 Å². The van der Waals surface area contributed by atoms with Gasteiger partial charge >= 0.3 is 6.09 Å². The van der Waals surface area contributed by atoms with Crippen molar-refractivity contribution in [1.82, 2.24) is 5.32 Å². The van der Waals surface area contributed by atoms with Gasteiger partial charge in [0.15, 0.2) is 5.78 Å². The van der Waals surface area contributed by atoms with Crippen LogP contribution in [0.4, 0.5) is 4.79 Å². The average molecular weight is 378 g/mol. The molecule has 1 aliphatic heterocycles. The summed E-state index contributed by atoms with van der Waals surface area (Å²) < 4.78 is 11.4. The van der Waals surface area contributed by atoms with Gasteiger partial charge in [0.1, 0.15) is 12.2 Å². The smallest absolute Gasteiger partial charge is 0.407 e. The summed E-state index contributed by atoms with van der Waals surface area (Å²) in [5, 5.41) is 2.80. The number of amides is 1. The van der Waals surface area contributed by atoms with Crippen LogP contribution in [0.1, 0.15) is 12.0 Å². The van der Waals surface area contributed by atoms with E-state index in [1.54, 1.807) is 12.2 Å². The zero-order valence-corrected chi connectivity index (χ0v) is 13.9. The Balaban J connectivity index is 1.51. The Labute approximate surface area is 142 Å². The lowest BCUT2D eigenvalue weighted by molar-refractivity contribution is -0.111. The summed E-state index contributed by atoms with van der Waals surface area (Å²) in [4.78, 5) is 23.3. The van der Waals surface area contributed by atoms with Gasteiger partial charge in [-0.1, -0.05) is 30.3 Å². The van der Waals surface area contributed by atoms with E-state index < -0.39 is 11.7 Å². The van der Waals surface area contributed by atoms with E-state index in [0.717, 1.165) is 5.56 Å². The van der Waals surface area contributed by atoms with Gasteiger partial charge in [-0.05, 0) is 39.7 Å². The third-order valence-electron chi connectivity index (χ3n) is 3.78. The monoisotopic (exact) mass is 377 g/mol. The molecule has 0 bridgehead atoms. The molecular formula is C17H16BrNO4. The van der Waals surface area contributed by atoms with Gasteiger partial charge in [0.25, 0.3) is 0 Å². The molecule has 1 amide bonds. The molecule has 0 aromatic heterocycles. The maximum Gasteiger partial charge on any atom is 0.407 e. The second-order valence-electron chi connectivity index (χ2n) is 5.56. The molecule has 0 saturated carbocycles. The summed E-state index contributed by atoms with van der Waals surface area (Å²) >= 11 is 3.23. The van der Waals surface area contributed by atoms with Crippen LogP contribution in [0.2, 0.25) is 0 Å². The minimum Gasteiger partial charge on any atom is -0.445 e. The predicted molar refractivity (Wildman–Crippen MR) is 88.0 cm³/mol. The van der Waals surface area contributed by atoms with E-state index in [1.165, 1.54) is 6.08 Å². The molecule has 1 aromatic carbocycles. The molecule has 1 fully saturated rings. The fraction of sp³-hybridized carbons (Fsp3) is 0.294. The summed E-state index contributed by atoms with van der Waals surface area (Å²) in [7, 11) is 0. The molecule has 1 heterocycles. The number of hydrogen-bond donors (Lipinski definition) is 1. The lowest BCUT2D eigenvalue weighted by atomic mass is 9.93. The molecule has 1 aromatic rings. The molecule has 1 spiro atoms. The van der Waals surface area contributed by atoms with Crippen LogP contribution in [0, 0.1) is 0 Å². The van der Waals surface area contributed by atoms with E-state index in [9.17, 15) is 9.59 Å². The molecule has 23 heavy (non-hydrogen) atoms. The van der Waals surface area contributed by atoms with Crippen molar-refractivity contribution >= 4 is 27.8 Å². The quantitative estimate of drug-likeness (QED) is 0.879. The molecule has 1 aliphatic carbocycles. The summed E-state index contributed by atoms with van der Waals surface area (Å²) in [5.74, 6) is -0.0853. The van der Waals surface area contributed by atoms with Crippen LogP contribution in [0.15, 0.2) is 53.0 Å². The van der Waals surface area contributed by atoms with Crippen molar-refractivity contribution in [2.45, 2.75) is 24.7 Å². The summed E-state index contributed by atoms with van der Waals surface area (Å²) in [6.07, 6.45) is 5.05. The Hall–Kier alpha value is -1.92. The highest BCUT2D eigenvalue weighted by molar-refractivity contribution is 9.12. The van der Waals surface area contributed by atoms with Gasteiger partial charge in [0.05, 0.1) is 17.1 Å². The predicted octanol–water partition coefficient (Wildman–Crippen LogP) is 2.86. The van der Waals surface area contributed by atoms with Crippen molar-refractivity contribution < 1.29 is 19.1 Å². The maximum atomic E-state index is 11.9. The van der Waals surface area contributed by atoms with Crippen molar-refractivity contribution in [2.24, 2.45) is 0 Å². The highest BCUT2D eigenvalue weighted by Gasteiger charge is 2.39. The van der Waals surface area contributed by atoms with Gasteiger partial charge in [-0.3, -0.25) is 4.79 Å². The first-order chi connectivity index (χ1) is 11.1. The van der Waals surface area contributed by atoms with Crippen LogP contribution < -0.4 is 5.32 Å². The number of alkyl carbamates (subject to hydrolysis) is 1. The number of nitrogens with one attached hydrogen (secondary N) is 1. The van der Waals surface area contributed by atoms with Gasteiger partial charge in [0, 0.05) is 6.42 Å². The Morgan fingerprint density at radius 2 is 2.17 bits per heavy atom. The van der Waals surface area contributed by atoms with E-state index in [-0.39, 0.29) is 18.4 Å². The highest BCUT2D eigenvalue weighted by Crippen LogP contribution is 2.34. The second kappa shape index (κ2) is 6.68. The van der Waals surface area contributed by atoms with Crippen molar-refractivity contribution in [3.8, 4) is 0 Å². The molecule has 3 rings (SSSR count). The molecule has 120 valence electrons. The first kappa shape index (κ1) is 16.0. The average Bonchev–Trinajstić information content (AvgIpc) is 2.93. The first-order valence-electron chi connectivity index (χ1n) is 7.29. The number of carbonyl (C=O) groups is 2. The molecule has 6 heteroatoms. The van der Waals surface area contributed by atoms with Crippen molar-refractivity contribution in [2.75, 3.05) is 6.61 Å². The molecule has 1 N–H and O–H groups in total. The third-order valence-corrected chi connectivity index (χ3v) is 4.40. The fourth-order valence-corrected chi connectivity index (χ4v) is 3.15. The molecule has 5 nitrogen and oxygen atoms in total. The summed E-state index contributed by atoms with van der Waals surface area (Å²) in [6.45, 7) is 0.598. The van der Waals surface area contributed by atoms with Crippen molar-refractivity contribution in [1.29, 1.82) is 0 Å². The number of ether oxygens (including phenoxy) is 2. The van der Waals surface area contributed by atoms with Gasteiger partial charge in [-0.25, -0.2) is 4.79 Å². The number of rotatable bonds is 3. The minimum atomic E-state index is -0.635. The summed E-state index contributed by atoms with van der Waals surface area (Å²) in [6, 6.07) is 9.33. The van der Waals surface area contributed by atoms with E-state index in [0.29, 0.717) is 17.5 Å². The van der Waals surface area contributed by atoms with Crippen LogP contribution in [0.3, 0.4) is 0 Å². The first-order valence-corrected chi connectivity index (χ1v) is 8.09. The number of allylic oxidation sites excluding steroid dienone is 2.